The Morgan fingerprint density at radius 2 is 2.13 bits per heavy atom. The topological polar surface area (TPSA) is 63.9 Å². The van der Waals surface area contributed by atoms with E-state index in [1.165, 1.54) is 18.4 Å². The first-order valence-electron chi connectivity index (χ1n) is 7.14. The molecule has 1 N–H and O–H groups in total. The van der Waals surface area contributed by atoms with Crippen molar-refractivity contribution < 1.29 is 14.6 Å². The molecular weight excluding hydrogens is 312 g/mol. The van der Waals surface area contributed by atoms with Crippen LogP contribution in [-0.4, -0.2) is 30.0 Å². The van der Waals surface area contributed by atoms with Gasteiger partial charge in [-0.15, -0.1) is 0 Å². The maximum atomic E-state index is 9.77. The summed E-state index contributed by atoms with van der Waals surface area (Å²) < 4.78 is 11.5. The van der Waals surface area contributed by atoms with Gasteiger partial charge in [-0.05, 0) is 42.8 Å². The summed E-state index contributed by atoms with van der Waals surface area (Å²) in [6.07, 6.45) is 1.67. The fourth-order valence-electron chi connectivity index (χ4n) is 2.12. The molecule has 3 aromatic rings. The Morgan fingerprint density at radius 3 is 2.87 bits per heavy atom. The normalized spacial score (nSPS) is 11.2. The Labute approximate surface area is 137 Å². The minimum atomic E-state index is 0.0853. The second-order valence-corrected chi connectivity index (χ2v) is 5.76. The first-order valence-corrected chi connectivity index (χ1v) is 7.95. The molecule has 23 heavy (non-hydrogen) atoms. The number of methoxy groups -OCH3 is 1. The third-order valence-corrected chi connectivity index (χ3v) is 4.13. The van der Waals surface area contributed by atoms with E-state index in [9.17, 15) is 5.11 Å². The highest BCUT2D eigenvalue weighted by molar-refractivity contribution is 7.22. The molecule has 0 fully saturated rings. The summed E-state index contributed by atoms with van der Waals surface area (Å²) in [4.78, 5) is 8.86. The highest BCUT2D eigenvalue weighted by Gasteiger charge is 2.05. The number of thiazole rings is 1. The van der Waals surface area contributed by atoms with Gasteiger partial charge in [0.25, 0.3) is 0 Å². The maximum absolute atomic E-state index is 9.77. The molecule has 0 aliphatic heterocycles. The van der Waals surface area contributed by atoms with Crippen molar-refractivity contribution in [3.8, 4) is 17.2 Å². The van der Waals surface area contributed by atoms with Gasteiger partial charge in [-0.2, -0.15) is 0 Å². The molecule has 0 saturated heterocycles. The quantitative estimate of drug-likeness (QED) is 0.714. The van der Waals surface area contributed by atoms with Crippen LogP contribution in [0, 0.1) is 0 Å². The number of phenols is 1. The number of hydrogen-bond acceptors (Lipinski definition) is 6. The SMILES string of the molecule is CCOc1ccc2sc(/N=C/c3ccc(OC)c(O)c3)nc2c1. The first kappa shape index (κ1) is 15.3. The Morgan fingerprint density at radius 1 is 1.26 bits per heavy atom. The van der Waals surface area contributed by atoms with Gasteiger partial charge in [-0.25, -0.2) is 9.98 Å². The molecule has 0 amide bonds. The molecule has 0 atom stereocenters. The molecule has 118 valence electrons. The molecule has 5 nitrogen and oxygen atoms in total. The van der Waals surface area contributed by atoms with E-state index in [-0.39, 0.29) is 5.75 Å². The third-order valence-electron chi connectivity index (χ3n) is 3.19. The Balaban J connectivity index is 1.84. The number of aromatic hydroxyl groups is 1. The summed E-state index contributed by atoms with van der Waals surface area (Å²) in [5.74, 6) is 1.33. The van der Waals surface area contributed by atoms with Crippen LogP contribution >= 0.6 is 11.3 Å². The van der Waals surface area contributed by atoms with Gasteiger partial charge in [-0.3, -0.25) is 0 Å². The van der Waals surface area contributed by atoms with Gasteiger partial charge in [0.15, 0.2) is 11.5 Å². The van der Waals surface area contributed by atoms with E-state index in [0.29, 0.717) is 17.5 Å². The van der Waals surface area contributed by atoms with Crippen LogP contribution in [0.3, 0.4) is 0 Å². The number of ether oxygens (including phenoxy) is 2. The lowest BCUT2D eigenvalue weighted by Crippen LogP contribution is -1.90. The van der Waals surface area contributed by atoms with Crippen molar-refractivity contribution in [1.82, 2.24) is 4.98 Å². The molecule has 0 radical (unpaired) electrons. The summed E-state index contributed by atoms with van der Waals surface area (Å²) in [6.45, 7) is 2.58. The van der Waals surface area contributed by atoms with Crippen LogP contribution in [0.25, 0.3) is 10.2 Å². The number of nitrogens with zero attached hydrogens (tertiary/aromatic N) is 2. The van der Waals surface area contributed by atoms with Crippen LogP contribution in [0.2, 0.25) is 0 Å². The highest BCUT2D eigenvalue weighted by Crippen LogP contribution is 2.31. The van der Waals surface area contributed by atoms with Crippen molar-refractivity contribution >= 4 is 32.9 Å². The third kappa shape index (κ3) is 3.43. The molecule has 1 heterocycles. The predicted molar refractivity (Wildman–Crippen MR) is 92.7 cm³/mol. The van der Waals surface area contributed by atoms with E-state index < -0.39 is 0 Å². The molecule has 0 unspecified atom stereocenters. The average molecular weight is 328 g/mol. The molecule has 0 bridgehead atoms. The van der Waals surface area contributed by atoms with E-state index in [4.69, 9.17) is 9.47 Å². The van der Waals surface area contributed by atoms with Gasteiger partial charge in [-0.1, -0.05) is 11.3 Å². The lowest BCUT2D eigenvalue weighted by molar-refractivity contribution is 0.340. The Bertz CT molecular complexity index is 858. The van der Waals surface area contributed by atoms with E-state index in [1.807, 2.05) is 31.2 Å². The van der Waals surface area contributed by atoms with Crippen LogP contribution in [-0.2, 0) is 0 Å². The zero-order chi connectivity index (χ0) is 16.2. The standard InChI is InChI=1S/C17H16N2O3S/c1-3-22-12-5-7-16-13(9-12)19-17(23-16)18-10-11-4-6-15(21-2)14(20)8-11/h4-10,20H,3H2,1-2H3/b18-10+. The molecule has 1 aromatic heterocycles. The summed E-state index contributed by atoms with van der Waals surface area (Å²) in [6, 6.07) is 10.9. The van der Waals surface area contributed by atoms with Gasteiger partial charge in [0.2, 0.25) is 5.13 Å². The Hall–Kier alpha value is -2.60. The molecule has 2 aromatic carbocycles. The number of hydrogen-bond donors (Lipinski definition) is 1. The lowest BCUT2D eigenvalue weighted by Gasteiger charge is -2.02. The van der Waals surface area contributed by atoms with Crippen LogP contribution in [0.4, 0.5) is 5.13 Å². The summed E-state index contributed by atoms with van der Waals surface area (Å²) >= 11 is 1.50. The second-order valence-electron chi connectivity index (χ2n) is 4.75. The number of benzene rings is 2. The van der Waals surface area contributed by atoms with E-state index in [0.717, 1.165) is 21.5 Å². The minimum absolute atomic E-state index is 0.0853. The van der Waals surface area contributed by atoms with Crippen molar-refractivity contribution in [2.75, 3.05) is 13.7 Å². The number of rotatable bonds is 5. The van der Waals surface area contributed by atoms with Crippen molar-refractivity contribution in [3.05, 3.63) is 42.0 Å². The van der Waals surface area contributed by atoms with Gasteiger partial charge >= 0.3 is 0 Å². The van der Waals surface area contributed by atoms with Gasteiger partial charge < -0.3 is 14.6 Å². The molecular formula is C17H16N2O3S. The summed E-state index contributed by atoms with van der Waals surface area (Å²) in [5.41, 5.74) is 1.64. The van der Waals surface area contributed by atoms with Gasteiger partial charge in [0.1, 0.15) is 5.75 Å². The zero-order valence-electron chi connectivity index (χ0n) is 12.8. The maximum Gasteiger partial charge on any atom is 0.210 e. The molecule has 0 aliphatic carbocycles. The fourth-order valence-corrected chi connectivity index (χ4v) is 2.92. The average Bonchev–Trinajstić information content (AvgIpc) is 2.95. The predicted octanol–water partition coefficient (Wildman–Crippen LogP) is 4.16. The smallest absolute Gasteiger partial charge is 0.210 e. The summed E-state index contributed by atoms with van der Waals surface area (Å²) in [7, 11) is 1.51. The zero-order valence-corrected chi connectivity index (χ0v) is 13.6. The van der Waals surface area contributed by atoms with Gasteiger partial charge in [0.05, 0.1) is 23.9 Å². The van der Waals surface area contributed by atoms with Crippen LogP contribution in [0.15, 0.2) is 41.4 Å². The van der Waals surface area contributed by atoms with Gasteiger partial charge in [0, 0.05) is 12.3 Å². The molecule has 0 aliphatic rings. The number of aromatic nitrogens is 1. The highest BCUT2D eigenvalue weighted by atomic mass is 32.1. The molecule has 6 heteroatoms. The number of phenolic OH excluding ortho intramolecular Hbond substituents is 1. The number of fused-ring (bicyclic) bond motifs is 1. The van der Waals surface area contributed by atoms with Crippen LogP contribution in [0.5, 0.6) is 17.2 Å². The Kier molecular flexibility index (Phi) is 4.43. The lowest BCUT2D eigenvalue weighted by atomic mass is 10.2. The largest absolute Gasteiger partial charge is 0.504 e. The van der Waals surface area contributed by atoms with E-state index >= 15 is 0 Å². The number of aliphatic imine (C=N–C) groups is 1. The molecule has 0 spiro atoms. The first-order chi connectivity index (χ1) is 11.2. The molecule has 3 rings (SSSR count). The van der Waals surface area contributed by atoms with E-state index in [2.05, 4.69) is 9.98 Å². The summed E-state index contributed by atoms with van der Waals surface area (Å²) in [5, 5.41) is 10.4. The van der Waals surface area contributed by atoms with Crippen molar-refractivity contribution in [2.24, 2.45) is 4.99 Å². The van der Waals surface area contributed by atoms with Crippen molar-refractivity contribution in [2.45, 2.75) is 6.92 Å². The van der Waals surface area contributed by atoms with Crippen LogP contribution < -0.4 is 9.47 Å². The minimum Gasteiger partial charge on any atom is -0.504 e. The second kappa shape index (κ2) is 6.66. The van der Waals surface area contributed by atoms with E-state index in [1.54, 1.807) is 18.3 Å². The fraction of sp³-hybridized carbons (Fsp3) is 0.176. The molecule has 0 saturated carbocycles. The van der Waals surface area contributed by atoms with Crippen LogP contribution in [0.1, 0.15) is 12.5 Å². The monoisotopic (exact) mass is 328 g/mol. The van der Waals surface area contributed by atoms with Crippen molar-refractivity contribution in [1.29, 1.82) is 0 Å². The van der Waals surface area contributed by atoms with Crippen molar-refractivity contribution in [3.63, 3.8) is 0 Å².